The Balaban J connectivity index is 1.16. The zero-order chi connectivity index (χ0) is 43.6. The molecule has 0 saturated carbocycles. The van der Waals surface area contributed by atoms with E-state index in [1.54, 1.807) is 0 Å². The van der Waals surface area contributed by atoms with Crippen molar-refractivity contribution in [1.82, 2.24) is 9.80 Å². The van der Waals surface area contributed by atoms with Crippen LogP contribution in [0.2, 0.25) is 0 Å². The maximum atomic E-state index is 16.2. The third-order valence-corrected chi connectivity index (χ3v) is 13.9. The number of phenolic OH excluding ortho intramolecular Hbond substituents is 2. The van der Waals surface area contributed by atoms with E-state index in [4.69, 9.17) is 37.6 Å². The monoisotopic (exact) mass is 858 g/mol. The van der Waals surface area contributed by atoms with Crippen molar-refractivity contribution in [3.05, 3.63) is 112 Å². The fraction of sp³-hybridized carbons (Fsp3) is 0.289. The Bertz CT molecular complexity index is 3070. The third-order valence-electron chi connectivity index (χ3n) is 13.9. The number of amides is 2. The minimum absolute atomic E-state index is 0.00303. The molecule has 5 saturated heterocycles. The number of fused-ring (bicyclic) bond motifs is 11. The predicted octanol–water partition coefficient (Wildman–Crippen LogP) is 3.22. The summed E-state index contributed by atoms with van der Waals surface area (Å²) in [6.07, 6.45) is -4.16. The summed E-state index contributed by atoms with van der Waals surface area (Å²) < 4.78 is 48.9. The van der Waals surface area contributed by atoms with Crippen LogP contribution in [0.3, 0.4) is 0 Å². The summed E-state index contributed by atoms with van der Waals surface area (Å²) in [7, 11) is 4.07. The van der Waals surface area contributed by atoms with Gasteiger partial charge in [-0.1, -0.05) is 12.1 Å². The average molecular weight is 859 g/mol. The highest BCUT2D eigenvalue weighted by Crippen LogP contribution is 2.69. The molecule has 5 fully saturated rings. The van der Waals surface area contributed by atoms with Crippen LogP contribution in [0.25, 0.3) is 21.9 Å². The van der Waals surface area contributed by atoms with E-state index in [1.807, 2.05) is 0 Å². The maximum Gasteiger partial charge on any atom is 0.338 e. The van der Waals surface area contributed by atoms with Crippen molar-refractivity contribution in [1.29, 1.82) is 0 Å². The molecule has 320 valence electrons. The molecule has 1 aromatic heterocycles. The van der Waals surface area contributed by atoms with Crippen LogP contribution < -0.4 is 24.4 Å². The van der Waals surface area contributed by atoms with Crippen LogP contribution in [0.15, 0.2) is 94.0 Å². The molecule has 18 nitrogen and oxygen atoms in total. The number of aliphatic hydroxyl groups is 2. The van der Waals surface area contributed by atoms with Gasteiger partial charge in [0.1, 0.15) is 69.6 Å². The Morgan fingerprint density at radius 3 is 2.40 bits per heavy atom. The molecule has 63 heavy (non-hydrogen) atoms. The summed E-state index contributed by atoms with van der Waals surface area (Å²) in [5.41, 5.74) is -5.01. The van der Waals surface area contributed by atoms with Crippen LogP contribution in [0, 0.1) is 5.92 Å². The molecular formula is C45H34N2O16. The number of methoxy groups -OCH3 is 2. The van der Waals surface area contributed by atoms with Gasteiger partial charge in [0.05, 0.1) is 38.2 Å². The zero-order valence-corrected chi connectivity index (χ0v) is 33.2. The Kier molecular flexibility index (Phi) is 7.39. The molecule has 10 atom stereocenters. The van der Waals surface area contributed by atoms with Gasteiger partial charge in [-0.15, -0.1) is 0 Å². The molecule has 8 aliphatic heterocycles. The third kappa shape index (κ3) is 4.32. The van der Waals surface area contributed by atoms with Gasteiger partial charge in [0.2, 0.25) is 11.7 Å². The number of aromatic hydroxyl groups is 2. The van der Waals surface area contributed by atoms with Crippen LogP contribution in [-0.4, -0.2) is 111 Å². The lowest BCUT2D eigenvalue weighted by Gasteiger charge is -2.66. The lowest BCUT2D eigenvalue weighted by Crippen LogP contribution is -2.89. The number of carbonyl (C=O) groups excluding carboxylic acids is 3. The molecule has 9 heterocycles. The number of piperidine rings is 2. The number of hydrogen-bond donors (Lipinski definition) is 4. The number of hydrogen-bond acceptors (Lipinski definition) is 16. The van der Waals surface area contributed by atoms with Crippen LogP contribution in [0.5, 0.6) is 40.2 Å². The molecule has 7 bridgehead atoms. The molecule has 8 aliphatic rings. The Labute approximate surface area is 354 Å². The van der Waals surface area contributed by atoms with Crippen molar-refractivity contribution in [3.63, 3.8) is 0 Å². The summed E-state index contributed by atoms with van der Waals surface area (Å²) in [5.74, 6) is -5.55. The van der Waals surface area contributed by atoms with Gasteiger partial charge in [0, 0.05) is 30.2 Å². The van der Waals surface area contributed by atoms with Gasteiger partial charge < -0.3 is 67.8 Å². The molecule has 18 heteroatoms. The number of nitrogens with zero attached hydrogens (tertiary/aromatic N) is 2. The van der Waals surface area contributed by atoms with Crippen molar-refractivity contribution in [2.24, 2.45) is 5.92 Å². The van der Waals surface area contributed by atoms with Gasteiger partial charge in [-0.2, -0.15) is 0 Å². The van der Waals surface area contributed by atoms with Crippen LogP contribution in [0.4, 0.5) is 0 Å². The Hall–Kier alpha value is -7.28. The topological polar surface area (TPSA) is 233 Å². The van der Waals surface area contributed by atoms with E-state index in [2.05, 4.69) is 0 Å². The first-order chi connectivity index (χ1) is 30.4. The Morgan fingerprint density at radius 1 is 0.794 bits per heavy atom. The van der Waals surface area contributed by atoms with Gasteiger partial charge in [-0.3, -0.25) is 14.4 Å². The Morgan fingerprint density at radius 2 is 1.60 bits per heavy atom. The minimum Gasteiger partial charge on any atom is -0.507 e. The van der Waals surface area contributed by atoms with Gasteiger partial charge >= 0.3 is 5.97 Å². The molecule has 4 aromatic carbocycles. The summed E-state index contributed by atoms with van der Waals surface area (Å²) in [4.78, 5) is 62.4. The number of phenols is 2. The number of rotatable bonds is 2. The van der Waals surface area contributed by atoms with E-state index >= 15 is 9.59 Å². The fourth-order valence-corrected chi connectivity index (χ4v) is 11.3. The molecule has 2 spiro atoms. The van der Waals surface area contributed by atoms with E-state index < -0.39 is 82.9 Å². The van der Waals surface area contributed by atoms with Gasteiger partial charge in [0.15, 0.2) is 34.1 Å². The van der Waals surface area contributed by atoms with Gasteiger partial charge in [0.25, 0.3) is 11.8 Å². The lowest BCUT2D eigenvalue weighted by atomic mass is 9.55. The smallest absolute Gasteiger partial charge is 0.338 e. The van der Waals surface area contributed by atoms with E-state index in [-0.39, 0.29) is 84.4 Å². The van der Waals surface area contributed by atoms with Crippen molar-refractivity contribution in [2.45, 2.75) is 53.7 Å². The SMILES string of the molecule is COc1ccc2cc1Oc1cc(ccc1O)[C@H](O)[C@]13C(=O)N4[C@H]5C(=COC=C[C@@H]5OC2=O)[C@@H](O)C4(C(=O)N1C)[C@H]1O[C@@H]2Oc4cc(OC)c5c(=O)c6c(O)cccc6oc5c4[C@@H]2[C@H]13. The zero-order valence-electron chi connectivity index (χ0n) is 33.2. The van der Waals surface area contributed by atoms with E-state index in [1.165, 1.54) is 101 Å². The number of carbonyl (C=O) groups is 3. The predicted molar refractivity (Wildman–Crippen MR) is 212 cm³/mol. The lowest BCUT2D eigenvalue weighted by molar-refractivity contribution is -0.243. The normalized spacial score (nSPS) is 31.8. The summed E-state index contributed by atoms with van der Waals surface area (Å²) >= 11 is 0. The molecule has 4 N–H and O–H groups in total. The van der Waals surface area contributed by atoms with Crippen molar-refractivity contribution >= 4 is 39.7 Å². The molecular weight excluding hydrogens is 824 g/mol. The second kappa shape index (κ2) is 12.4. The van der Waals surface area contributed by atoms with Crippen LogP contribution >= 0.6 is 0 Å². The number of likely N-dealkylation sites (N-methyl/N-ethyl adjacent to an activating group) is 1. The molecule has 0 radical (unpaired) electrons. The average Bonchev–Trinajstić information content (AvgIpc) is 3.85. The highest BCUT2D eigenvalue weighted by molar-refractivity contribution is 6.08. The molecule has 2 amide bonds. The van der Waals surface area contributed by atoms with E-state index in [0.717, 1.165) is 9.80 Å². The highest BCUT2D eigenvalue weighted by Gasteiger charge is 2.87. The van der Waals surface area contributed by atoms with Crippen molar-refractivity contribution in [2.75, 3.05) is 21.3 Å². The first-order valence-corrected chi connectivity index (χ1v) is 19.9. The molecule has 1 unspecified atom stereocenters. The van der Waals surface area contributed by atoms with Gasteiger partial charge in [-0.25, -0.2) is 4.79 Å². The number of esters is 1. The highest BCUT2D eigenvalue weighted by atomic mass is 16.7. The first-order valence-electron chi connectivity index (χ1n) is 19.9. The molecule has 5 aromatic rings. The summed E-state index contributed by atoms with van der Waals surface area (Å²) in [5, 5.41) is 47.6. The quantitative estimate of drug-likeness (QED) is 0.147. The van der Waals surface area contributed by atoms with E-state index in [0.29, 0.717) is 0 Å². The number of piperazine rings is 1. The maximum absolute atomic E-state index is 16.2. The summed E-state index contributed by atoms with van der Waals surface area (Å²) in [6.45, 7) is 0. The van der Waals surface area contributed by atoms with Crippen molar-refractivity contribution in [3.8, 4) is 40.2 Å². The number of ether oxygens (including phenoxy) is 7. The number of benzene rings is 4. The summed E-state index contributed by atoms with van der Waals surface area (Å²) in [6, 6.07) is 12.6. The van der Waals surface area contributed by atoms with E-state index in [9.17, 15) is 30.0 Å². The largest absolute Gasteiger partial charge is 0.507 e. The molecule has 0 aliphatic carbocycles. The van der Waals surface area contributed by atoms with Gasteiger partial charge in [-0.05, 0) is 54.1 Å². The first kappa shape index (κ1) is 37.5. The standard InChI is InChI=1S/C45H34N2O16/c1-46-42(54)45-38(52)19-16-58-12-11-24-34(19)47(45)43(55)44(46,37(51)17-7-9-20(48)25(13-17)59-26-14-18(40(53)61-24)8-10-22(26)56-2)33-32-30-28(62-41(32)63-39(33)45)15-27(57-3)31-35(50)29-21(49)5-4-6-23(29)60-36(30)31/h4-16,24,32-34,37-39,41,48-49,51-52H,1-3H3/t24-,32+,33+,34-,37-,38+,39-,41-,44+,45?/m0/s1. The second-order valence-corrected chi connectivity index (χ2v) is 16.5. The second-order valence-electron chi connectivity index (χ2n) is 16.5. The molecule has 13 rings (SSSR count). The van der Waals surface area contributed by atoms with Crippen LogP contribution in [0.1, 0.15) is 33.5 Å². The van der Waals surface area contributed by atoms with Crippen molar-refractivity contribution < 1.29 is 72.4 Å². The fourth-order valence-electron chi connectivity index (χ4n) is 11.3. The minimum atomic E-state index is -2.35. The number of aliphatic hydroxyl groups excluding tert-OH is 2. The van der Waals surface area contributed by atoms with Crippen LogP contribution in [-0.2, 0) is 23.8 Å².